The van der Waals surface area contributed by atoms with Crippen LogP contribution in [0.2, 0.25) is 0 Å². The lowest BCUT2D eigenvalue weighted by atomic mass is 10.00. The lowest BCUT2D eigenvalue weighted by Gasteiger charge is -2.49. The highest BCUT2D eigenvalue weighted by molar-refractivity contribution is 8.00. The van der Waals surface area contributed by atoms with Crippen molar-refractivity contribution in [1.29, 1.82) is 0 Å². The van der Waals surface area contributed by atoms with E-state index in [4.69, 9.17) is 18.0 Å². The molecule has 1 saturated heterocycles. The maximum absolute atomic E-state index is 12.8. The number of fused-ring (bicyclic) bond motifs is 1. The van der Waals surface area contributed by atoms with Gasteiger partial charge in [-0.3, -0.25) is 14.5 Å². The highest BCUT2D eigenvalue weighted by Gasteiger charge is 2.54. The molecule has 2 aliphatic heterocycles. The Hall–Kier alpha value is -2.82. The molecule has 4 heterocycles. The molecule has 1 fully saturated rings. The van der Waals surface area contributed by atoms with E-state index in [1.54, 1.807) is 6.92 Å². The van der Waals surface area contributed by atoms with Crippen molar-refractivity contribution in [2.45, 2.75) is 30.8 Å². The molecule has 4 N–H and O–H groups in total. The molecular weight excluding hydrogens is 510 g/mol. The van der Waals surface area contributed by atoms with Crippen LogP contribution in [0.5, 0.6) is 0 Å². The van der Waals surface area contributed by atoms with Gasteiger partial charge < -0.3 is 16.2 Å². The molecule has 0 spiro atoms. The van der Waals surface area contributed by atoms with Crippen LogP contribution in [0.1, 0.15) is 28.2 Å². The molecule has 2 amide bonds. The Morgan fingerprint density at radius 2 is 2.21 bits per heavy atom. The van der Waals surface area contributed by atoms with Crippen molar-refractivity contribution in [3.63, 3.8) is 0 Å². The highest BCUT2D eigenvalue weighted by Crippen LogP contribution is 2.41. The number of rotatable bonds is 8. The molecule has 4 rings (SSSR count). The average molecular weight is 526 g/mol. The van der Waals surface area contributed by atoms with E-state index in [2.05, 4.69) is 25.7 Å². The predicted octanol–water partition coefficient (Wildman–Crippen LogP) is 1.24. The summed E-state index contributed by atoms with van der Waals surface area (Å²) in [5.74, 6) is -2.39. The van der Waals surface area contributed by atoms with Gasteiger partial charge in [0.05, 0.1) is 10.6 Å². The second-order valence-corrected chi connectivity index (χ2v) is 10.7. The number of carboxylic acid groups (broad SMARTS) is 1. The van der Waals surface area contributed by atoms with Gasteiger partial charge in [0.25, 0.3) is 11.8 Å². The Morgan fingerprint density at radius 1 is 1.45 bits per heavy atom. The van der Waals surface area contributed by atoms with Crippen LogP contribution in [0.15, 0.2) is 21.8 Å². The number of aliphatic carboxylic acids is 1. The molecule has 3 atom stereocenters. The fourth-order valence-electron chi connectivity index (χ4n) is 3.39. The molecule has 0 aromatic carbocycles. The van der Waals surface area contributed by atoms with Crippen LogP contribution in [0.25, 0.3) is 0 Å². The van der Waals surface area contributed by atoms with Gasteiger partial charge in [0.1, 0.15) is 22.1 Å². The normalized spacial score (nSPS) is 20.6. The largest absolute Gasteiger partial charge is 0.477 e. The summed E-state index contributed by atoms with van der Waals surface area (Å²) in [4.78, 5) is 54.1. The summed E-state index contributed by atoms with van der Waals surface area (Å²) in [6.07, 6.45) is 0.147. The van der Waals surface area contributed by atoms with Gasteiger partial charge in [0.15, 0.2) is 10.1 Å². The van der Waals surface area contributed by atoms with Gasteiger partial charge in [-0.2, -0.15) is 0 Å². The number of hydrogen-bond acceptors (Lipinski definition) is 13. The molecule has 2 aromatic heterocycles. The lowest BCUT2D eigenvalue weighted by Crippen LogP contribution is -2.70. The SMILES string of the molecule is Cc1nnc(C(=S)CC2=C(C(=O)O)N3C(=O)C(NC(=O)C(N=O)c4csc(N)n4)C3SC2)s1. The molecule has 16 heteroatoms. The Kier molecular flexibility index (Phi) is 6.51. The number of carboxylic acids is 1. The zero-order valence-electron chi connectivity index (χ0n) is 16.8. The van der Waals surface area contributed by atoms with Gasteiger partial charge >= 0.3 is 5.97 Å². The fraction of sp³-hybridized carbons (Fsp3) is 0.353. The van der Waals surface area contributed by atoms with Gasteiger partial charge in [0.2, 0.25) is 6.04 Å². The summed E-state index contributed by atoms with van der Waals surface area (Å²) in [7, 11) is 0. The van der Waals surface area contributed by atoms with Gasteiger partial charge in [0, 0.05) is 17.6 Å². The summed E-state index contributed by atoms with van der Waals surface area (Å²) in [6, 6.07) is -2.47. The molecule has 0 radical (unpaired) electrons. The van der Waals surface area contributed by atoms with Crippen LogP contribution >= 0.6 is 46.7 Å². The number of nitrogen functional groups attached to an aromatic ring is 1. The Balaban J connectivity index is 1.50. The number of nitrogens with two attached hydrogens (primary N) is 1. The lowest BCUT2D eigenvalue weighted by molar-refractivity contribution is -0.150. The van der Waals surface area contributed by atoms with Crippen molar-refractivity contribution in [3.05, 3.63) is 37.3 Å². The molecule has 0 saturated carbocycles. The van der Waals surface area contributed by atoms with Crippen molar-refractivity contribution in [2.24, 2.45) is 5.18 Å². The first-order valence-electron chi connectivity index (χ1n) is 9.28. The van der Waals surface area contributed by atoms with Crippen LogP contribution in [0.4, 0.5) is 5.13 Å². The van der Waals surface area contributed by atoms with E-state index in [1.165, 1.54) is 28.5 Å². The number of thiocarbonyl (C=S) groups is 1. The van der Waals surface area contributed by atoms with Crippen LogP contribution in [0, 0.1) is 11.8 Å². The Bertz CT molecular complexity index is 1210. The fourth-order valence-corrected chi connectivity index (χ4v) is 6.29. The third kappa shape index (κ3) is 4.38. The van der Waals surface area contributed by atoms with E-state index in [9.17, 15) is 24.4 Å². The van der Waals surface area contributed by atoms with E-state index in [0.717, 1.165) is 21.2 Å². The number of nitrogens with zero attached hydrogens (tertiary/aromatic N) is 5. The van der Waals surface area contributed by atoms with E-state index in [1.807, 2.05) is 0 Å². The molecule has 0 bridgehead atoms. The number of aryl methyl sites for hydroxylation is 1. The summed E-state index contributed by atoms with van der Waals surface area (Å²) in [5, 5.41) is 25.2. The van der Waals surface area contributed by atoms with E-state index < -0.39 is 35.2 Å². The summed E-state index contributed by atoms with van der Waals surface area (Å²) < 4.78 is 0. The number of carbonyl (C=O) groups excluding carboxylic acids is 2. The number of nitroso groups, excluding NO2 is 1. The smallest absolute Gasteiger partial charge is 0.352 e. The molecule has 12 nitrogen and oxygen atoms in total. The number of anilines is 1. The van der Waals surface area contributed by atoms with Crippen molar-refractivity contribution in [1.82, 2.24) is 25.4 Å². The molecule has 2 aromatic rings. The van der Waals surface area contributed by atoms with Gasteiger partial charge in [-0.05, 0) is 17.7 Å². The number of hydrogen-bond donors (Lipinski definition) is 3. The average Bonchev–Trinajstić information content (AvgIpc) is 3.40. The van der Waals surface area contributed by atoms with E-state index in [0.29, 0.717) is 21.2 Å². The molecule has 33 heavy (non-hydrogen) atoms. The van der Waals surface area contributed by atoms with Crippen molar-refractivity contribution < 1.29 is 19.5 Å². The van der Waals surface area contributed by atoms with E-state index >= 15 is 0 Å². The van der Waals surface area contributed by atoms with Crippen LogP contribution in [0.3, 0.4) is 0 Å². The zero-order chi connectivity index (χ0) is 23.9. The van der Waals surface area contributed by atoms with Crippen molar-refractivity contribution in [3.8, 4) is 0 Å². The summed E-state index contributed by atoms with van der Waals surface area (Å²) >= 11 is 9.05. The van der Waals surface area contributed by atoms with Crippen LogP contribution in [-0.4, -0.2) is 65.0 Å². The summed E-state index contributed by atoms with van der Waals surface area (Å²) in [6.45, 7) is 1.79. The topological polar surface area (TPSA) is 181 Å². The number of nitrogens with one attached hydrogen (secondary N) is 1. The first kappa shape index (κ1) is 23.3. The number of carbonyl (C=O) groups is 3. The minimum atomic E-state index is -1.47. The third-order valence-electron chi connectivity index (χ3n) is 4.86. The van der Waals surface area contributed by atoms with Crippen LogP contribution < -0.4 is 11.1 Å². The minimum absolute atomic E-state index is 0.0822. The maximum Gasteiger partial charge on any atom is 0.352 e. The minimum Gasteiger partial charge on any atom is -0.477 e. The van der Waals surface area contributed by atoms with Crippen molar-refractivity contribution in [2.75, 3.05) is 11.5 Å². The van der Waals surface area contributed by atoms with E-state index in [-0.39, 0.29) is 22.9 Å². The number of amides is 2. The number of thioether (sulfide) groups is 1. The summed E-state index contributed by atoms with van der Waals surface area (Å²) in [5.41, 5.74) is 5.94. The quantitative estimate of drug-likeness (QED) is 0.195. The molecule has 3 unspecified atom stereocenters. The van der Waals surface area contributed by atoms with Crippen molar-refractivity contribution >= 4 is 74.4 Å². The predicted molar refractivity (Wildman–Crippen MR) is 126 cm³/mol. The first-order valence-corrected chi connectivity index (χ1v) is 12.4. The first-order chi connectivity index (χ1) is 15.7. The molecular formula is C17H15N7O5S4. The molecule has 172 valence electrons. The Labute approximate surface area is 203 Å². The Morgan fingerprint density at radius 3 is 2.79 bits per heavy atom. The van der Waals surface area contributed by atoms with Gasteiger partial charge in [-0.1, -0.05) is 23.6 Å². The molecule has 0 aliphatic carbocycles. The number of aromatic nitrogens is 3. The number of thiazole rings is 1. The highest BCUT2D eigenvalue weighted by atomic mass is 32.2. The second kappa shape index (κ2) is 9.20. The number of β-lactam (4-membered cyclic amide) rings is 1. The second-order valence-electron chi connectivity index (χ2n) is 7.00. The van der Waals surface area contributed by atoms with Crippen LogP contribution in [-0.2, 0) is 14.4 Å². The third-order valence-corrected chi connectivity index (χ3v) is 8.26. The standard InChI is InChI=1S/C17H15N7O5S4/c1-5-21-22-13(33-5)8(30)2-6-3-31-15-10(14(26)24(15)11(6)16(27)28)20-12(25)9(23-29)7-4-32-17(18)19-7/h4,9-10,15H,2-3H2,1H3,(H2,18,19)(H,20,25)(H,27,28). The molecule has 2 aliphatic rings. The monoisotopic (exact) mass is 525 g/mol. The van der Waals surface area contributed by atoms with Gasteiger partial charge in [-0.25, -0.2) is 9.78 Å². The zero-order valence-corrected chi connectivity index (χ0v) is 20.0. The maximum atomic E-state index is 12.8. The van der Waals surface area contributed by atoms with Gasteiger partial charge in [-0.15, -0.1) is 38.2 Å².